The number of rotatable bonds is 9. The fraction of sp³-hybridized carbons (Fsp3) is 0.935. The summed E-state index contributed by atoms with van der Waals surface area (Å²) in [5.41, 5.74) is -1.36. The first-order valence-corrected chi connectivity index (χ1v) is 15.1. The Morgan fingerprint density at radius 1 is 0.973 bits per heavy atom. The van der Waals surface area contributed by atoms with Crippen LogP contribution in [0.5, 0.6) is 0 Å². The van der Waals surface area contributed by atoms with Gasteiger partial charge in [0.25, 0.3) is 0 Å². The molecule has 4 aliphatic carbocycles. The van der Waals surface area contributed by atoms with Crippen LogP contribution in [0, 0.1) is 46.3 Å². The highest BCUT2D eigenvalue weighted by Crippen LogP contribution is 2.69. The van der Waals surface area contributed by atoms with Crippen LogP contribution in [0.1, 0.15) is 118 Å². The Morgan fingerprint density at radius 3 is 2.38 bits per heavy atom. The third-order valence-corrected chi connectivity index (χ3v) is 11.9. The minimum atomic E-state index is -1.28. The minimum Gasteiger partial charge on any atom is -0.481 e. The number of carbonyl (C=O) groups excluding carboxylic acids is 1. The van der Waals surface area contributed by atoms with Crippen LogP contribution in [0.3, 0.4) is 0 Å². The average Bonchev–Trinajstić information content (AvgIpc) is 3.17. The lowest BCUT2D eigenvalue weighted by Gasteiger charge is -2.65. The summed E-state index contributed by atoms with van der Waals surface area (Å²) in [7, 11) is 0. The summed E-state index contributed by atoms with van der Waals surface area (Å²) in [6.45, 7) is 11.8. The summed E-state index contributed by atoms with van der Waals surface area (Å²) in [4.78, 5) is 23.0. The molecule has 37 heavy (non-hydrogen) atoms. The first-order valence-electron chi connectivity index (χ1n) is 15.1. The molecule has 212 valence electrons. The number of aliphatic carboxylic acids is 1. The van der Waals surface area contributed by atoms with E-state index in [1.165, 1.54) is 38.5 Å². The molecular weight excluding hydrogens is 468 g/mol. The van der Waals surface area contributed by atoms with Gasteiger partial charge in [-0.25, -0.2) is 0 Å². The second-order valence-electron chi connectivity index (χ2n) is 14.2. The third-order valence-electron chi connectivity index (χ3n) is 11.9. The topological polar surface area (TPSA) is 104 Å². The van der Waals surface area contributed by atoms with Crippen molar-refractivity contribution in [2.24, 2.45) is 46.3 Å². The first kappa shape index (κ1) is 28.9. The van der Waals surface area contributed by atoms with Gasteiger partial charge >= 0.3 is 11.9 Å². The number of aliphatic hydroxyl groups is 2. The molecule has 4 saturated carbocycles. The molecule has 0 saturated heterocycles. The second-order valence-corrected chi connectivity index (χ2v) is 14.2. The maximum Gasteiger partial charge on any atom is 0.306 e. The number of hydrogen-bond donors (Lipinski definition) is 3. The molecule has 0 radical (unpaired) electrons. The van der Waals surface area contributed by atoms with E-state index in [0.29, 0.717) is 36.0 Å². The summed E-state index contributed by atoms with van der Waals surface area (Å²) >= 11 is 0. The van der Waals surface area contributed by atoms with Gasteiger partial charge < -0.3 is 20.1 Å². The molecule has 4 aliphatic rings. The van der Waals surface area contributed by atoms with Crippen LogP contribution in [0.4, 0.5) is 0 Å². The predicted molar refractivity (Wildman–Crippen MR) is 143 cm³/mol. The summed E-state index contributed by atoms with van der Waals surface area (Å²) in [5, 5.41) is 32.3. The Hall–Kier alpha value is -1.14. The molecule has 6 nitrogen and oxygen atoms in total. The molecule has 0 unspecified atom stereocenters. The average molecular weight is 521 g/mol. The van der Waals surface area contributed by atoms with E-state index in [9.17, 15) is 19.8 Å². The lowest BCUT2D eigenvalue weighted by atomic mass is 9.42. The van der Waals surface area contributed by atoms with Gasteiger partial charge in [0.15, 0.2) is 0 Å². The van der Waals surface area contributed by atoms with Crippen LogP contribution in [0.2, 0.25) is 0 Å². The quantitative estimate of drug-likeness (QED) is 0.324. The van der Waals surface area contributed by atoms with E-state index in [0.717, 1.165) is 30.6 Å². The van der Waals surface area contributed by atoms with E-state index in [4.69, 9.17) is 9.84 Å². The van der Waals surface area contributed by atoms with E-state index in [2.05, 4.69) is 34.6 Å². The highest BCUT2D eigenvalue weighted by molar-refractivity contribution is 5.76. The molecule has 0 aromatic heterocycles. The number of fused-ring (bicyclic) bond motifs is 5. The predicted octanol–water partition coefficient (Wildman–Crippen LogP) is 5.97. The fourth-order valence-corrected chi connectivity index (χ4v) is 9.82. The Labute approximate surface area is 223 Å². The van der Waals surface area contributed by atoms with E-state index >= 15 is 0 Å². The van der Waals surface area contributed by atoms with Crippen molar-refractivity contribution < 1.29 is 29.6 Å². The van der Waals surface area contributed by atoms with Gasteiger partial charge in [-0.05, 0) is 85.9 Å². The summed E-state index contributed by atoms with van der Waals surface area (Å²) in [6, 6.07) is 0. The Balaban J connectivity index is 1.45. The van der Waals surface area contributed by atoms with Crippen LogP contribution < -0.4 is 0 Å². The van der Waals surface area contributed by atoms with Crippen LogP contribution in [-0.4, -0.2) is 45.1 Å². The molecule has 0 aromatic carbocycles. The van der Waals surface area contributed by atoms with Crippen LogP contribution in [0.25, 0.3) is 0 Å². The molecule has 0 heterocycles. The summed E-state index contributed by atoms with van der Waals surface area (Å²) in [6.07, 6.45) is 9.29. The lowest BCUT2D eigenvalue weighted by molar-refractivity contribution is -0.266. The van der Waals surface area contributed by atoms with Crippen molar-refractivity contribution in [1.82, 2.24) is 0 Å². The minimum absolute atomic E-state index is 0.161. The Kier molecular flexibility index (Phi) is 8.42. The third kappa shape index (κ3) is 5.23. The number of ether oxygens (including phenoxy) is 1. The zero-order valence-electron chi connectivity index (χ0n) is 23.9. The maximum absolute atomic E-state index is 12.2. The highest BCUT2D eigenvalue weighted by atomic mass is 16.5. The van der Waals surface area contributed by atoms with Crippen molar-refractivity contribution >= 4 is 11.9 Å². The molecule has 4 rings (SSSR count). The number of hydrogen-bond acceptors (Lipinski definition) is 5. The van der Waals surface area contributed by atoms with Crippen LogP contribution >= 0.6 is 0 Å². The molecular formula is C31H52O6. The first-order chi connectivity index (χ1) is 17.3. The van der Waals surface area contributed by atoms with Crippen molar-refractivity contribution in [3.63, 3.8) is 0 Å². The smallest absolute Gasteiger partial charge is 0.306 e. The number of carboxylic acid groups (broad SMARTS) is 1. The molecule has 0 amide bonds. The number of carboxylic acids is 1. The second kappa shape index (κ2) is 10.8. The maximum atomic E-state index is 12.2. The monoisotopic (exact) mass is 520 g/mol. The summed E-state index contributed by atoms with van der Waals surface area (Å²) in [5.74, 6) is 2.10. The van der Waals surface area contributed by atoms with E-state index in [-0.39, 0.29) is 19.3 Å². The van der Waals surface area contributed by atoms with Gasteiger partial charge in [-0.3, -0.25) is 9.59 Å². The SMILES string of the molecule is CC(C)CCC[C@@H](C)[C@H]1CC[C@H]2[C@@H]3C[C@@H](O)[C@@]4(O)C[C@@H](OC(=O)CCC(=O)O)CC[C@]4(C)[C@H]3CC[C@]12C. The van der Waals surface area contributed by atoms with Gasteiger partial charge in [0.1, 0.15) is 6.10 Å². The van der Waals surface area contributed by atoms with Crippen LogP contribution in [-0.2, 0) is 14.3 Å². The highest BCUT2D eigenvalue weighted by Gasteiger charge is 2.67. The molecule has 3 N–H and O–H groups in total. The molecule has 10 atom stereocenters. The molecule has 0 spiro atoms. The van der Waals surface area contributed by atoms with Crippen molar-refractivity contribution in [3.8, 4) is 0 Å². The lowest BCUT2D eigenvalue weighted by Crippen LogP contribution is -2.68. The molecule has 0 aliphatic heterocycles. The zero-order valence-corrected chi connectivity index (χ0v) is 23.9. The molecule has 0 bridgehead atoms. The largest absolute Gasteiger partial charge is 0.481 e. The van der Waals surface area contributed by atoms with Gasteiger partial charge in [-0.1, -0.05) is 53.9 Å². The Bertz CT molecular complexity index is 842. The molecule has 4 fully saturated rings. The van der Waals surface area contributed by atoms with Crippen molar-refractivity contribution in [1.29, 1.82) is 0 Å². The Morgan fingerprint density at radius 2 is 1.70 bits per heavy atom. The zero-order chi connectivity index (χ0) is 27.2. The summed E-state index contributed by atoms with van der Waals surface area (Å²) < 4.78 is 5.58. The molecule has 6 heteroatoms. The van der Waals surface area contributed by atoms with E-state index < -0.39 is 35.2 Å². The molecule has 0 aromatic rings. The van der Waals surface area contributed by atoms with Gasteiger partial charge in [0, 0.05) is 11.8 Å². The standard InChI is InChI=1S/C31H52O6/c1-19(2)7-6-8-20(3)23-9-10-24-22-17-26(32)31(36)18-21(37-28(35)12-11-27(33)34)13-16-30(31,5)25(22)14-15-29(23,24)4/h19-26,32,36H,6-18H2,1-5H3,(H,33,34)/t20-,21+,22+,23-,24+,25+,26-,29-,30-,31+/m1/s1. The van der Waals surface area contributed by atoms with Gasteiger partial charge in [0.05, 0.1) is 24.5 Å². The van der Waals surface area contributed by atoms with Crippen molar-refractivity contribution in [2.75, 3.05) is 0 Å². The number of carbonyl (C=O) groups is 2. The fourth-order valence-electron chi connectivity index (χ4n) is 9.82. The van der Waals surface area contributed by atoms with Crippen LogP contribution in [0.15, 0.2) is 0 Å². The normalized spacial score (nSPS) is 44.0. The van der Waals surface area contributed by atoms with Crippen molar-refractivity contribution in [2.45, 2.75) is 136 Å². The van der Waals surface area contributed by atoms with E-state index in [1.807, 2.05) is 0 Å². The van der Waals surface area contributed by atoms with Crippen molar-refractivity contribution in [3.05, 3.63) is 0 Å². The number of esters is 1. The van der Waals surface area contributed by atoms with E-state index in [1.54, 1.807) is 0 Å². The van der Waals surface area contributed by atoms with Gasteiger partial charge in [-0.15, -0.1) is 0 Å². The number of aliphatic hydroxyl groups excluding tert-OH is 1. The van der Waals surface area contributed by atoms with Gasteiger partial charge in [-0.2, -0.15) is 0 Å². The van der Waals surface area contributed by atoms with Gasteiger partial charge in [0.2, 0.25) is 0 Å².